The Kier molecular flexibility index (Phi) is 16.3. The zero-order valence-electron chi connectivity index (χ0n) is 31.2. The van der Waals surface area contributed by atoms with E-state index in [9.17, 15) is 52.8 Å². The predicted octanol–water partition coefficient (Wildman–Crippen LogP) is 8.31. The first-order valence-corrected chi connectivity index (χ1v) is 21.9. The largest absolute Gasteiger partial charge is 0.488 e. The predicted molar refractivity (Wildman–Crippen MR) is 226 cm³/mol. The molecule has 1 aliphatic carbocycles. The number of primary sulfonamides is 2. The van der Waals surface area contributed by atoms with E-state index in [0.29, 0.717) is 17.5 Å². The fourth-order valence-electron chi connectivity index (χ4n) is 5.42. The molecule has 5 aromatic rings. The summed E-state index contributed by atoms with van der Waals surface area (Å²) in [5.74, 6) is -0.935. The van der Waals surface area contributed by atoms with Crippen LogP contribution in [0.5, 0.6) is 0 Å². The van der Waals surface area contributed by atoms with Gasteiger partial charge in [-0.1, -0.05) is 118 Å². The van der Waals surface area contributed by atoms with Crippen LogP contribution in [-0.4, -0.2) is 45.6 Å². The lowest BCUT2D eigenvalue weighted by Crippen LogP contribution is -2.29. The van der Waals surface area contributed by atoms with E-state index in [-0.39, 0.29) is 53.7 Å². The van der Waals surface area contributed by atoms with Crippen molar-refractivity contribution in [2.24, 2.45) is 16.2 Å². The molecule has 0 heterocycles. The van der Waals surface area contributed by atoms with Crippen LogP contribution in [0.25, 0.3) is 11.1 Å². The number of hydrogen-bond acceptors (Lipinski definition) is 8. The Balaban J connectivity index is 0.000000222. The van der Waals surface area contributed by atoms with Crippen molar-refractivity contribution < 1.29 is 62.8 Å². The number of carbonyl (C=O) groups is 2. The van der Waals surface area contributed by atoms with E-state index in [1.165, 1.54) is 54.6 Å². The van der Waals surface area contributed by atoms with Gasteiger partial charge < -0.3 is 10.0 Å². The second-order valence-corrected chi connectivity index (χ2v) is 17.8. The molecular weight excluding hydrogens is 976 g/mol. The Morgan fingerprint density at radius 1 is 0.645 bits per heavy atom. The van der Waals surface area contributed by atoms with Gasteiger partial charge in [-0.05, 0) is 71.5 Å². The van der Waals surface area contributed by atoms with E-state index in [4.69, 9.17) is 43.5 Å². The van der Waals surface area contributed by atoms with E-state index in [1.807, 2.05) is 6.08 Å². The number of rotatable bonds is 8. The SMILES string of the molecule is NS(=O)(=O)c1cc(C(=O)C2C=CC(Br)=CC2)ccc1Cl.NS(=O)(=O)c1cc(C(=O)c2ccc(-c3ccc(C(F)(F)F)cc3)cc2)ccc1Cl.OB(O)c1ccc(C(F)(F)F)cc1. The van der Waals surface area contributed by atoms with Crippen LogP contribution in [0.4, 0.5) is 26.3 Å². The molecule has 0 radical (unpaired) electrons. The molecule has 0 aromatic heterocycles. The standard InChI is InChI=1S/C20H13ClF3NO3S.C13H11BrClNO3S.C7H6BF3O2/c21-17-10-7-15(11-18(17)29(25,27)28)19(26)14-3-1-12(2-4-14)13-5-8-16(9-6-13)20(22,23)24;14-10-4-1-8(2-5-10)13(17)9-3-6-11(15)12(7-9)20(16,18)19;9-7(10,11)5-1-3-6(4-2-5)8(12)13/h1-11H,(H2,25,27,28);1,3-8H,2H2,(H2,16,18,19);1-4,12-13H. The maximum Gasteiger partial charge on any atom is 0.488 e. The third-order valence-corrected chi connectivity index (χ3v) is 12.0. The van der Waals surface area contributed by atoms with Crippen LogP contribution >= 0.6 is 39.1 Å². The Bertz CT molecular complexity index is 2740. The summed E-state index contributed by atoms with van der Waals surface area (Å²) >= 11 is 14.9. The van der Waals surface area contributed by atoms with Gasteiger partial charge in [0.05, 0.1) is 21.2 Å². The highest BCUT2D eigenvalue weighted by Gasteiger charge is 2.31. The molecule has 5 aromatic carbocycles. The monoisotopic (exact) mass is 1000 g/mol. The summed E-state index contributed by atoms with van der Waals surface area (Å²) in [5.41, 5.74) is 0.284. The number of halogens is 9. The summed E-state index contributed by atoms with van der Waals surface area (Å²) < 4.78 is 121. The molecule has 1 unspecified atom stereocenters. The van der Waals surface area contributed by atoms with E-state index in [0.717, 1.165) is 46.9 Å². The molecular formula is C40H30BBrCl2F6N2O8S2. The normalized spacial score (nSPS) is 14.1. The topological polar surface area (TPSA) is 195 Å². The average Bonchev–Trinajstić information content (AvgIpc) is 3.20. The van der Waals surface area contributed by atoms with Gasteiger partial charge in [-0.3, -0.25) is 9.59 Å². The number of allylic oxidation sites excluding steroid dienone is 4. The number of benzene rings is 5. The van der Waals surface area contributed by atoms with E-state index < -0.39 is 56.4 Å². The van der Waals surface area contributed by atoms with Crippen molar-refractivity contribution in [3.8, 4) is 11.1 Å². The lowest BCUT2D eigenvalue weighted by Gasteiger charge is -2.14. The quantitative estimate of drug-likeness (QED) is 0.0677. The summed E-state index contributed by atoms with van der Waals surface area (Å²) in [4.78, 5) is 24.4. The van der Waals surface area contributed by atoms with Crippen molar-refractivity contribution in [1.29, 1.82) is 0 Å². The zero-order chi connectivity index (χ0) is 46.4. The van der Waals surface area contributed by atoms with Gasteiger partial charge in [-0.15, -0.1) is 0 Å². The molecule has 0 saturated carbocycles. The van der Waals surface area contributed by atoms with Crippen molar-refractivity contribution in [3.63, 3.8) is 0 Å². The first-order chi connectivity index (χ1) is 28.7. The third-order valence-electron chi connectivity index (χ3n) is 8.64. The second kappa shape index (κ2) is 20.3. The summed E-state index contributed by atoms with van der Waals surface area (Å²) in [7, 11) is -9.78. The lowest BCUT2D eigenvalue weighted by atomic mass is 9.80. The van der Waals surface area contributed by atoms with Gasteiger partial charge in [0.2, 0.25) is 20.0 Å². The molecule has 22 heteroatoms. The highest BCUT2D eigenvalue weighted by molar-refractivity contribution is 9.11. The minimum atomic E-state index is -4.41. The van der Waals surface area contributed by atoms with Crippen LogP contribution in [0.3, 0.4) is 0 Å². The number of Topliss-reactive ketones (excluding diaryl/α,β-unsaturated/α-hetero) is 1. The van der Waals surface area contributed by atoms with Crippen molar-refractivity contribution in [2.45, 2.75) is 28.6 Å². The van der Waals surface area contributed by atoms with Gasteiger partial charge in [-0.2, -0.15) is 26.3 Å². The average molecular weight is 1010 g/mol. The minimum absolute atomic E-state index is 0.00544. The first kappa shape index (κ1) is 50.0. The molecule has 1 atom stereocenters. The van der Waals surface area contributed by atoms with Crippen LogP contribution < -0.4 is 15.7 Å². The van der Waals surface area contributed by atoms with Crippen LogP contribution in [0, 0.1) is 5.92 Å². The molecule has 6 N–H and O–H groups in total. The zero-order valence-corrected chi connectivity index (χ0v) is 35.9. The van der Waals surface area contributed by atoms with E-state index >= 15 is 0 Å². The van der Waals surface area contributed by atoms with Gasteiger partial charge >= 0.3 is 19.5 Å². The van der Waals surface area contributed by atoms with E-state index in [2.05, 4.69) is 15.9 Å². The molecule has 0 aliphatic heterocycles. The lowest BCUT2D eigenvalue weighted by molar-refractivity contribution is -0.138. The molecule has 62 heavy (non-hydrogen) atoms. The summed E-state index contributed by atoms with van der Waals surface area (Å²) in [6.45, 7) is 0. The minimum Gasteiger partial charge on any atom is -0.423 e. The van der Waals surface area contributed by atoms with Gasteiger partial charge in [-0.25, -0.2) is 27.1 Å². The Hall–Kier alpha value is -4.64. The summed E-state index contributed by atoms with van der Waals surface area (Å²) in [6, 6.07) is 22.3. The molecule has 6 rings (SSSR count). The number of alkyl halides is 6. The van der Waals surface area contributed by atoms with Crippen molar-refractivity contribution in [2.75, 3.05) is 0 Å². The second-order valence-electron chi connectivity index (χ2n) is 13.0. The van der Waals surface area contributed by atoms with Crippen LogP contribution in [0.15, 0.2) is 142 Å². The van der Waals surface area contributed by atoms with Crippen LogP contribution in [-0.2, 0) is 32.4 Å². The van der Waals surface area contributed by atoms with Gasteiger partial charge in [0, 0.05) is 27.1 Å². The fraction of sp³-hybridized carbons (Fsp3) is 0.100. The molecule has 0 bridgehead atoms. The summed E-state index contributed by atoms with van der Waals surface area (Å²) in [6.07, 6.45) is -2.79. The van der Waals surface area contributed by atoms with Gasteiger partial charge in [0.15, 0.2) is 11.6 Å². The van der Waals surface area contributed by atoms with E-state index in [1.54, 1.807) is 24.3 Å². The van der Waals surface area contributed by atoms with Crippen molar-refractivity contribution in [3.05, 3.63) is 170 Å². The number of hydrogen-bond donors (Lipinski definition) is 4. The molecule has 10 nitrogen and oxygen atoms in total. The molecule has 326 valence electrons. The van der Waals surface area contributed by atoms with Gasteiger partial charge in [0.25, 0.3) is 0 Å². The Labute approximate surface area is 369 Å². The molecule has 0 amide bonds. The third kappa shape index (κ3) is 13.7. The highest BCUT2D eigenvalue weighted by Crippen LogP contribution is 2.32. The maximum atomic E-state index is 12.7. The number of nitrogens with two attached hydrogens (primary N) is 2. The Morgan fingerprint density at radius 3 is 1.45 bits per heavy atom. The van der Waals surface area contributed by atoms with Gasteiger partial charge in [0.1, 0.15) is 9.79 Å². The maximum absolute atomic E-state index is 12.7. The molecule has 0 saturated heterocycles. The van der Waals surface area contributed by atoms with Crippen LogP contribution in [0.2, 0.25) is 10.0 Å². The molecule has 0 spiro atoms. The number of ketones is 2. The highest BCUT2D eigenvalue weighted by atomic mass is 79.9. The van der Waals surface area contributed by atoms with Crippen molar-refractivity contribution >= 4 is 83.3 Å². The molecule has 0 fully saturated rings. The molecule has 1 aliphatic rings. The van der Waals surface area contributed by atoms with Crippen molar-refractivity contribution in [1.82, 2.24) is 0 Å². The number of sulfonamides is 2. The Morgan fingerprint density at radius 2 is 1.05 bits per heavy atom. The fourth-order valence-corrected chi connectivity index (χ4v) is 7.90. The number of carbonyl (C=O) groups excluding carboxylic acids is 2. The van der Waals surface area contributed by atoms with Crippen LogP contribution in [0.1, 0.15) is 43.8 Å². The smallest absolute Gasteiger partial charge is 0.423 e. The first-order valence-electron chi connectivity index (χ1n) is 17.2. The summed E-state index contributed by atoms with van der Waals surface area (Å²) in [5, 5.41) is 27.3.